The van der Waals surface area contributed by atoms with Gasteiger partial charge in [0.1, 0.15) is 11.6 Å². The molecule has 1 fully saturated rings. The Morgan fingerprint density at radius 1 is 1.31 bits per heavy atom. The van der Waals surface area contributed by atoms with E-state index in [-0.39, 0.29) is 36.3 Å². The van der Waals surface area contributed by atoms with Crippen molar-refractivity contribution in [2.45, 2.75) is 32.4 Å². The summed E-state index contributed by atoms with van der Waals surface area (Å²) >= 11 is 0. The number of aliphatic imine (C=N–C) groups is 1. The molecule has 8 heteroatoms. The Bertz CT molecular complexity index is 870. The molecule has 1 aromatic heterocycles. The number of benzene rings is 1. The lowest BCUT2D eigenvalue weighted by atomic mass is 10.1. The van der Waals surface area contributed by atoms with Gasteiger partial charge < -0.3 is 15.5 Å². The third-order valence-electron chi connectivity index (χ3n) is 4.90. The van der Waals surface area contributed by atoms with Crippen molar-refractivity contribution in [3.05, 3.63) is 59.0 Å². The number of hydrogen-bond acceptors (Lipinski definition) is 4. The average Bonchev–Trinajstić information content (AvgIpc) is 2.73. The van der Waals surface area contributed by atoms with Gasteiger partial charge in [-0.1, -0.05) is 6.07 Å². The number of guanidine groups is 1. The Morgan fingerprint density at radius 3 is 2.69 bits per heavy atom. The lowest BCUT2D eigenvalue weighted by Crippen LogP contribution is -2.48. The highest BCUT2D eigenvalue weighted by atomic mass is 127. The Kier molecular flexibility index (Phi) is 8.64. The lowest BCUT2D eigenvalue weighted by Gasteiger charge is -2.33. The van der Waals surface area contributed by atoms with E-state index in [1.807, 2.05) is 19.2 Å². The van der Waals surface area contributed by atoms with Gasteiger partial charge in [0.15, 0.2) is 5.96 Å². The zero-order chi connectivity index (χ0) is 19.9. The second-order valence-electron chi connectivity index (χ2n) is 6.94. The number of nitrogens with zero attached hydrogens (tertiary/aromatic N) is 4. The molecule has 0 atom stereocenters. The highest BCUT2D eigenvalue weighted by Crippen LogP contribution is 2.18. The van der Waals surface area contributed by atoms with Gasteiger partial charge in [-0.25, -0.2) is 9.37 Å². The highest BCUT2D eigenvalue weighted by Gasteiger charge is 2.21. The molecule has 0 spiro atoms. The van der Waals surface area contributed by atoms with Crippen LogP contribution in [0.3, 0.4) is 0 Å². The summed E-state index contributed by atoms with van der Waals surface area (Å²) in [6.45, 7) is 4.15. The molecule has 1 saturated heterocycles. The van der Waals surface area contributed by atoms with E-state index >= 15 is 0 Å². The van der Waals surface area contributed by atoms with Crippen LogP contribution in [0.25, 0.3) is 0 Å². The largest absolute Gasteiger partial charge is 0.356 e. The first-order chi connectivity index (χ1) is 13.6. The molecule has 1 aliphatic rings. The van der Waals surface area contributed by atoms with Crippen molar-refractivity contribution < 1.29 is 4.39 Å². The Hall–Kier alpha value is -2.41. The molecule has 6 nitrogen and oxygen atoms in total. The summed E-state index contributed by atoms with van der Waals surface area (Å²) in [4.78, 5) is 11.0. The summed E-state index contributed by atoms with van der Waals surface area (Å²) in [6, 6.07) is 10.8. The van der Waals surface area contributed by atoms with Crippen molar-refractivity contribution in [3.8, 4) is 6.07 Å². The molecular formula is C21H26FIN6. The van der Waals surface area contributed by atoms with Gasteiger partial charge in [0, 0.05) is 44.5 Å². The molecule has 2 heterocycles. The Labute approximate surface area is 188 Å². The van der Waals surface area contributed by atoms with Crippen molar-refractivity contribution in [1.29, 1.82) is 5.26 Å². The molecule has 154 valence electrons. The van der Waals surface area contributed by atoms with Gasteiger partial charge in [0.2, 0.25) is 0 Å². The fraction of sp³-hybridized carbons (Fsp3) is 0.381. The van der Waals surface area contributed by atoms with E-state index in [1.54, 1.807) is 13.1 Å². The number of anilines is 1. The van der Waals surface area contributed by atoms with E-state index < -0.39 is 0 Å². The number of pyridine rings is 1. The maximum absolute atomic E-state index is 13.9. The quantitative estimate of drug-likeness (QED) is 0.377. The van der Waals surface area contributed by atoms with Crippen LogP contribution in [-0.2, 0) is 6.54 Å². The SMILES string of the molecule is CN=C(NCc1cc(C#N)ccc1F)NC1CCN(c2ccc(C)cn2)CC1.I. The highest BCUT2D eigenvalue weighted by molar-refractivity contribution is 14.0. The maximum Gasteiger partial charge on any atom is 0.191 e. The molecule has 0 amide bonds. The molecule has 0 saturated carbocycles. The van der Waals surface area contributed by atoms with Crippen molar-refractivity contribution in [2.24, 2.45) is 4.99 Å². The van der Waals surface area contributed by atoms with E-state index in [1.165, 1.54) is 12.1 Å². The Balaban J connectivity index is 0.00000300. The van der Waals surface area contributed by atoms with Crippen LogP contribution < -0.4 is 15.5 Å². The normalized spacial score (nSPS) is 14.7. The van der Waals surface area contributed by atoms with Crippen molar-refractivity contribution in [3.63, 3.8) is 0 Å². The molecule has 1 aromatic carbocycles. The van der Waals surface area contributed by atoms with Gasteiger partial charge in [0.25, 0.3) is 0 Å². The summed E-state index contributed by atoms with van der Waals surface area (Å²) in [5.74, 6) is 1.31. The molecule has 1 aliphatic heterocycles. The molecule has 0 aliphatic carbocycles. The molecule has 3 rings (SSSR count). The minimum atomic E-state index is -0.333. The van der Waals surface area contributed by atoms with Crippen LogP contribution in [0.4, 0.5) is 10.2 Å². The summed E-state index contributed by atoms with van der Waals surface area (Å²) in [7, 11) is 1.70. The summed E-state index contributed by atoms with van der Waals surface area (Å²) in [5.41, 5.74) is 2.05. The topological polar surface area (TPSA) is 76.3 Å². The van der Waals surface area contributed by atoms with Gasteiger partial charge >= 0.3 is 0 Å². The van der Waals surface area contributed by atoms with Crippen LogP contribution in [0, 0.1) is 24.1 Å². The molecular weight excluding hydrogens is 482 g/mol. The number of hydrogen-bond donors (Lipinski definition) is 2. The lowest BCUT2D eigenvalue weighted by molar-refractivity contribution is 0.459. The third kappa shape index (κ3) is 6.29. The standard InChI is InChI=1S/C21H25FN6.HI/c1-15-3-6-20(25-13-15)28-9-7-18(8-10-28)27-21(24-2)26-14-17-11-16(12-23)4-5-19(17)22;/h3-6,11,13,18H,7-10,14H2,1-2H3,(H2,24,26,27);1H. The van der Waals surface area contributed by atoms with E-state index in [4.69, 9.17) is 5.26 Å². The maximum atomic E-state index is 13.9. The van der Waals surface area contributed by atoms with Crippen LogP contribution in [0.5, 0.6) is 0 Å². The first-order valence-electron chi connectivity index (χ1n) is 9.42. The first-order valence-corrected chi connectivity index (χ1v) is 9.42. The van der Waals surface area contributed by atoms with E-state index in [0.717, 1.165) is 37.3 Å². The summed E-state index contributed by atoms with van der Waals surface area (Å²) in [6.07, 6.45) is 3.83. The molecule has 0 radical (unpaired) electrons. The average molecular weight is 508 g/mol. The predicted molar refractivity (Wildman–Crippen MR) is 124 cm³/mol. The number of aryl methyl sites for hydroxylation is 1. The van der Waals surface area contributed by atoms with E-state index in [9.17, 15) is 4.39 Å². The summed E-state index contributed by atoms with van der Waals surface area (Å²) in [5, 5.41) is 15.5. The number of halogens is 2. The third-order valence-corrected chi connectivity index (χ3v) is 4.90. The van der Waals surface area contributed by atoms with Gasteiger partial charge in [-0.05, 0) is 49.6 Å². The zero-order valence-electron chi connectivity index (χ0n) is 16.7. The van der Waals surface area contributed by atoms with Crippen molar-refractivity contribution in [1.82, 2.24) is 15.6 Å². The number of nitrogens with one attached hydrogen (secondary N) is 2. The van der Waals surface area contributed by atoms with E-state index in [0.29, 0.717) is 23.1 Å². The molecule has 0 unspecified atom stereocenters. The smallest absolute Gasteiger partial charge is 0.191 e. The second-order valence-corrected chi connectivity index (χ2v) is 6.94. The van der Waals surface area contributed by atoms with Gasteiger partial charge in [0.05, 0.1) is 11.6 Å². The minimum Gasteiger partial charge on any atom is -0.356 e. The fourth-order valence-corrected chi connectivity index (χ4v) is 3.25. The van der Waals surface area contributed by atoms with Crippen molar-refractivity contribution in [2.75, 3.05) is 25.0 Å². The fourth-order valence-electron chi connectivity index (χ4n) is 3.25. The number of nitriles is 1. The van der Waals surface area contributed by atoms with Crippen LogP contribution in [-0.4, -0.2) is 37.1 Å². The number of piperidine rings is 1. The predicted octanol–water partition coefficient (Wildman–Crippen LogP) is 3.35. The summed E-state index contributed by atoms with van der Waals surface area (Å²) < 4.78 is 13.9. The first kappa shape index (κ1) is 22.9. The van der Waals surface area contributed by atoms with E-state index in [2.05, 4.69) is 37.6 Å². The minimum absolute atomic E-state index is 0. The van der Waals surface area contributed by atoms with Gasteiger partial charge in [-0.15, -0.1) is 24.0 Å². The van der Waals surface area contributed by atoms with Gasteiger partial charge in [-0.2, -0.15) is 5.26 Å². The monoisotopic (exact) mass is 508 g/mol. The Morgan fingerprint density at radius 2 is 2.07 bits per heavy atom. The molecule has 2 aromatic rings. The van der Waals surface area contributed by atoms with Crippen LogP contribution in [0.1, 0.15) is 29.5 Å². The number of rotatable bonds is 4. The second kappa shape index (κ2) is 11.0. The van der Waals surface area contributed by atoms with Crippen LogP contribution in [0.15, 0.2) is 41.5 Å². The molecule has 2 N–H and O–H groups in total. The van der Waals surface area contributed by atoms with Crippen LogP contribution >= 0.6 is 24.0 Å². The molecule has 0 bridgehead atoms. The van der Waals surface area contributed by atoms with Crippen molar-refractivity contribution >= 4 is 35.8 Å². The zero-order valence-corrected chi connectivity index (χ0v) is 19.0. The number of aromatic nitrogens is 1. The van der Waals surface area contributed by atoms with Crippen LogP contribution in [0.2, 0.25) is 0 Å². The molecule has 29 heavy (non-hydrogen) atoms. The van der Waals surface area contributed by atoms with Gasteiger partial charge in [-0.3, -0.25) is 4.99 Å².